The molecule has 1 aliphatic carbocycles. The molecule has 1 saturated carbocycles. The molecule has 0 bridgehead atoms. The van der Waals surface area contributed by atoms with Crippen LogP contribution < -0.4 is 10.6 Å². The van der Waals surface area contributed by atoms with Crippen molar-refractivity contribution in [3.05, 3.63) is 0 Å². The molecule has 0 aromatic carbocycles. The summed E-state index contributed by atoms with van der Waals surface area (Å²) in [5, 5.41) is 6.67. The molecule has 0 spiro atoms. The molecular formula is C17H35N3O2. The third-order valence-corrected chi connectivity index (χ3v) is 4.35. The van der Waals surface area contributed by atoms with Gasteiger partial charge in [-0.05, 0) is 38.0 Å². The number of hydrogen-bond acceptors (Lipinski definition) is 3. The van der Waals surface area contributed by atoms with Crippen LogP contribution in [0.3, 0.4) is 0 Å². The van der Waals surface area contributed by atoms with Crippen LogP contribution in [0.5, 0.6) is 0 Å². The van der Waals surface area contributed by atoms with E-state index in [0.717, 1.165) is 58.3 Å². The fraction of sp³-hybridized carbons (Fsp3) is 0.941. The van der Waals surface area contributed by atoms with Crippen molar-refractivity contribution in [3.8, 4) is 0 Å². The van der Waals surface area contributed by atoms with Gasteiger partial charge in [0.05, 0.1) is 6.61 Å². The van der Waals surface area contributed by atoms with E-state index in [2.05, 4.69) is 24.5 Å². The van der Waals surface area contributed by atoms with Crippen molar-refractivity contribution >= 4 is 5.96 Å². The Labute approximate surface area is 136 Å². The number of nitrogens with zero attached hydrogens (tertiary/aromatic N) is 1. The molecule has 0 aromatic rings. The molecule has 22 heavy (non-hydrogen) atoms. The van der Waals surface area contributed by atoms with Gasteiger partial charge in [-0.15, -0.1) is 0 Å². The summed E-state index contributed by atoms with van der Waals surface area (Å²) in [7, 11) is 1.78. The Balaban J connectivity index is 2.31. The minimum atomic E-state index is 0.371. The summed E-state index contributed by atoms with van der Waals surface area (Å²) in [5.74, 6) is 0.908. The number of unbranched alkanes of at least 4 members (excludes halogenated alkanes) is 1. The van der Waals surface area contributed by atoms with E-state index in [1.165, 1.54) is 25.7 Å². The molecule has 2 N–H and O–H groups in total. The van der Waals surface area contributed by atoms with Crippen molar-refractivity contribution in [3.63, 3.8) is 0 Å². The highest BCUT2D eigenvalue weighted by Crippen LogP contribution is 2.44. The van der Waals surface area contributed by atoms with Crippen molar-refractivity contribution in [2.24, 2.45) is 10.4 Å². The molecule has 0 aliphatic heterocycles. The van der Waals surface area contributed by atoms with Crippen LogP contribution in [0.2, 0.25) is 0 Å². The molecule has 0 heterocycles. The smallest absolute Gasteiger partial charge is 0.191 e. The van der Waals surface area contributed by atoms with Crippen LogP contribution >= 0.6 is 0 Å². The second-order valence-corrected chi connectivity index (χ2v) is 6.18. The maximum atomic E-state index is 5.57. The lowest BCUT2D eigenvalue weighted by Gasteiger charge is -2.40. The zero-order valence-electron chi connectivity index (χ0n) is 14.7. The summed E-state index contributed by atoms with van der Waals surface area (Å²) < 4.78 is 10.8. The Morgan fingerprint density at radius 2 is 1.95 bits per heavy atom. The third-order valence-electron chi connectivity index (χ3n) is 4.35. The molecule has 0 amide bonds. The van der Waals surface area contributed by atoms with Gasteiger partial charge in [0, 0.05) is 40.0 Å². The predicted molar refractivity (Wildman–Crippen MR) is 92.5 cm³/mol. The van der Waals surface area contributed by atoms with E-state index in [9.17, 15) is 0 Å². The van der Waals surface area contributed by atoms with Crippen molar-refractivity contribution in [1.29, 1.82) is 0 Å². The minimum Gasteiger partial charge on any atom is -0.385 e. The SMILES string of the molecule is CCCCOCCNC(=NCC1(CCOC)CCC1)NCC. The first-order valence-electron chi connectivity index (χ1n) is 8.85. The minimum absolute atomic E-state index is 0.371. The van der Waals surface area contributed by atoms with Gasteiger partial charge in [-0.1, -0.05) is 19.8 Å². The van der Waals surface area contributed by atoms with Gasteiger partial charge in [0.1, 0.15) is 0 Å². The molecule has 5 heteroatoms. The average Bonchev–Trinajstić information content (AvgIpc) is 2.49. The number of guanidine groups is 1. The van der Waals surface area contributed by atoms with Crippen LogP contribution in [-0.4, -0.2) is 52.5 Å². The second-order valence-electron chi connectivity index (χ2n) is 6.18. The Bertz CT molecular complexity index is 304. The lowest BCUT2D eigenvalue weighted by molar-refractivity contribution is 0.0778. The number of hydrogen-bond donors (Lipinski definition) is 2. The van der Waals surface area contributed by atoms with E-state index in [0.29, 0.717) is 5.41 Å². The molecule has 5 nitrogen and oxygen atoms in total. The molecule has 1 aliphatic rings. The van der Waals surface area contributed by atoms with E-state index in [1.54, 1.807) is 7.11 Å². The molecule has 130 valence electrons. The summed E-state index contributed by atoms with van der Waals surface area (Å²) in [6.45, 7) is 9.28. The molecule has 1 rings (SSSR count). The lowest BCUT2D eigenvalue weighted by Crippen LogP contribution is -2.41. The van der Waals surface area contributed by atoms with Crippen LogP contribution in [0.15, 0.2) is 4.99 Å². The van der Waals surface area contributed by atoms with Crippen LogP contribution in [0.25, 0.3) is 0 Å². The van der Waals surface area contributed by atoms with Gasteiger partial charge in [-0.25, -0.2) is 0 Å². The fourth-order valence-electron chi connectivity index (χ4n) is 2.66. The maximum absolute atomic E-state index is 5.57. The molecule has 0 radical (unpaired) electrons. The van der Waals surface area contributed by atoms with Crippen LogP contribution in [0.4, 0.5) is 0 Å². The summed E-state index contributed by atoms with van der Waals surface area (Å²) in [6.07, 6.45) is 7.32. The predicted octanol–water partition coefficient (Wildman–Crippen LogP) is 2.57. The quantitative estimate of drug-likeness (QED) is 0.330. The summed E-state index contributed by atoms with van der Waals surface area (Å²) in [5.41, 5.74) is 0.371. The normalized spacial score (nSPS) is 17.1. The first kappa shape index (κ1) is 19.2. The summed E-state index contributed by atoms with van der Waals surface area (Å²) >= 11 is 0. The van der Waals surface area contributed by atoms with Gasteiger partial charge in [0.15, 0.2) is 5.96 Å². The van der Waals surface area contributed by atoms with Crippen LogP contribution in [0.1, 0.15) is 52.4 Å². The van der Waals surface area contributed by atoms with Gasteiger partial charge in [0.2, 0.25) is 0 Å². The first-order chi connectivity index (χ1) is 10.8. The maximum Gasteiger partial charge on any atom is 0.191 e. The third kappa shape index (κ3) is 7.45. The molecule has 0 atom stereocenters. The molecule has 0 saturated heterocycles. The highest BCUT2D eigenvalue weighted by Gasteiger charge is 2.36. The Hall–Kier alpha value is -0.810. The Kier molecular flexibility index (Phi) is 10.2. The number of ether oxygens (including phenoxy) is 2. The zero-order valence-corrected chi connectivity index (χ0v) is 14.7. The fourth-order valence-corrected chi connectivity index (χ4v) is 2.66. The second kappa shape index (κ2) is 11.7. The highest BCUT2D eigenvalue weighted by atomic mass is 16.5. The molecule has 0 aromatic heterocycles. The van der Waals surface area contributed by atoms with Crippen molar-refractivity contribution in [2.75, 3.05) is 46.6 Å². The van der Waals surface area contributed by atoms with E-state index >= 15 is 0 Å². The molecular weight excluding hydrogens is 278 g/mol. The monoisotopic (exact) mass is 313 g/mol. The van der Waals surface area contributed by atoms with E-state index < -0.39 is 0 Å². The Morgan fingerprint density at radius 1 is 1.14 bits per heavy atom. The number of methoxy groups -OCH3 is 1. The first-order valence-corrected chi connectivity index (χ1v) is 8.85. The van der Waals surface area contributed by atoms with E-state index in [1.807, 2.05) is 0 Å². The van der Waals surface area contributed by atoms with E-state index in [-0.39, 0.29) is 0 Å². The summed E-state index contributed by atoms with van der Waals surface area (Å²) in [6, 6.07) is 0. The number of aliphatic imine (C=N–C) groups is 1. The van der Waals surface area contributed by atoms with Crippen molar-refractivity contribution in [1.82, 2.24) is 10.6 Å². The lowest BCUT2D eigenvalue weighted by atomic mass is 9.67. The highest BCUT2D eigenvalue weighted by molar-refractivity contribution is 5.79. The van der Waals surface area contributed by atoms with Gasteiger partial charge in [-0.2, -0.15) is 0 Å². The Morgan fingerprint density at radius 3 is 2.55 bits per heavy atom. The zero-order chi connectivity index (χ0) is 16.1. The van der Waals surface area contributed by atoms with Gasteiger partial charge in [0.25, 0.3) is 0 Å². The number of nitrogens with one attached hydrogen (secondary N) is 2. The van der Waals surface area contributed by atoms with Gasteiger partial charge >= 0.3 is 0 Å². The van der Waals surface area contributed by atoms with Crippen LogP contribution in [0, 0.1) is 5.41 Å². The largest absolute Gasteiger partial charge is 0.385 e. The van der Waals surface area contributed by atoms with Gasteiger partial charge < -0.3 is 20.1 Å². The van der Waals surface area contributed by atoms with E-state index in [4.69, 9.17) is 14.5 Å². The number of rotatable bonds is 12. The van der Waals surface area contributed by atoms with Crippen molar-refractivity contribution in [2.45, 2.75) is 52.4 Å². The summed E-state index contributed by atoms with van der Waals surface area (Å²) in [4.78, 5) is 4.78. The van der Waals surface area contributed by atoms with Crippen molar-refractivity contribution < 1.29 is 9.47 Å². The molecule has 0 unspecified atom stereocenters. The molecule has 1 fully saturated rings. The standard InChI is InChI=1S/C17H35N3O2/c1-4-6-12-22-14-11-19-16(18-5-2)20-15-17(8-7-9-17)10-13-21-3/h4-15H2,1-3H3,(H2,18,19,20). The van der Waals surface area contributed by atoms with Crippen LogP contribution in [-0.2, 0) is 9.47 Å². The average molecular weight is 313 g/mol. The van der Waals surface area contributed by atoms with Gasteiger partial charge in [-0.3, -0.25) is 4.99 Å². The topological polar surface area (TPSA) is 54.9 Å².